The van der Waals surface area contributed by atoms with Crippen LogP contribution in [0.15, 0.2) is 0 Å². The molecule has 1 N–H and O–H groups in total. The third kappa shape index (κ3) is 3.14. The number of piperazine rings is 1. The van der Waals surface area contributed by atoms with Crippen molar-refractivity contribution in [2.24, 2.45) is 0 Å². The SMILES string of the molecule is COCCN1CC(C)(C)N(C)CC1CO. The molecule has 1 atom stereocenters. The highest BCUT2D eigenvalue weighted by molar-refractivity contribution is 4.93. The molecule has 1 saturated heterocycles. The van der Waals surface area contributed by atoms with Crippen LogP contribution in [0, 0.1) is 0 Å². The van der Waals surface area contributed by atoms with Crippen LogP contribution >= 0.6 is 0 Å². The first-order valence-electron chi connectivity index (χ1n) is 5.56. The van der Waals surface area contributed by atoms with E-state index in [0.29, 0.717) is 0 Å². The summed E-state index contributed by atoms with van der Waals surface area (Å²) in [5.74, 6) is 0. The van der Waals surface area contributed by atoms with Crippen LogP contribution in [0.3, 0.4) is 0 Å². The molecule has 0 saturated carbocycles. The first kappa shape index (κ1) is 12.9. The number of methoxy groups -OCH3 is 1. The Morgan fingerprint density at radius 3 is 2.67 bits per heavy atom. The van der Waals surface area contributed by atoms with Crippen LogP contribution < -0.4 is 0 Å². The normalized spacial score (nSPS) is 28.2. The van der Waals surface area contributed by atoms with Crippen molar-refractivity contribution in [3.63, 3.8) is 0 Å². The smallest absolute Gasteiger partial charge is 0.0599 e. The minimum absolute atomic E-state index is 0.180. The van der Waals surface area contributed by atoms with E-state index in [1.807, 2.05) is 0 Å². The Kier molecular flexibility index (Phi) is 4.52. The molecule has 1 fully saturated rings. The third-order valence-electron chi connectivity index (χ3n) is 3.42. The van der Waals surface area contributed by atoms with Gasteiger partial charge in [0.2, 0.25) is 0 Å². The van der Waals surface area contributed by atoms with E-state index in [9.17, 15) is 5.11 Å². The average Bonchev–Trinajstić information content (AvgIpc) is 2.19. The molecule has 1 unspecified atom stereocenters. The number of likely N-dealkylation sites (N-methyl/N-ethyl adjacent to an activating group) is 1. The van der Waals surface area contributed by atoms with Crippen LogP contribution in [0.5, 0.6) is 0 Å². The van der Waals surface area contributed by atoms with Gasteiger partial charge >= 0.3 is 0 Å². The lowest BCUT2D eigenvalue weighted by Gasteiger charge is -2.49. The summed E-state index contributed by atoms with van der Waals surface area (Å²) < 4.78 is 5.10. The van der Waals surface area contributed by atoms with Crippen molar-refractivity contribution >= 4 is 0 Å². The quantitative estimate of drug-likeness (QED) is 0.719. The van der Waals surface area contributed by atoms with Gasteiger partial charge in [0.15, 0.2) is 0 Å². The van der Waals surface area contributed by atoms with Crippen molar-refractivity contribution in [2.45, 2.75) is 25.4 Å². The Morgan fingerprint density at radius 2 is 2.13 bits per heavy atom. The first-order chi connectivity index (χ1) is 7.01. The highest BCUT2D eigenvalue weighted by atomic mass is 16.5. The van der Waals surface area contributed by atoms with Gasteiger partial charge in [0.1, 0.15) is 0 Å². The van der Waals surface area contributed by atoms with E-state index in [1.165, 1.54) is 0 Å². The van der Waals surface area contributed by atoms with Gasteiger partial charge in [0, 0.05) is 38.3 Å². The van der Waals surface area contributed by atoms with Crippen LogP contribution in [-0.4, -0.2) is 73.5 Å². The topological polar surface area (TPSA) is 35.9 Å². The molecule has 4 heteroatoms. The van der Waals surface area contributed by atoms with Crippen LogP contribution in [-0.2, 0) is 4.74 Å². The first-order valence-corrected chi connectivity index (χ1v) is 5.56. The Balaban J connectivity index is 2.58. The lowest BCUT2D eigenvalue weighted by molar-refractivity contribution is -0.0291. The second kappa shape index (κ2) is 5.25. The summed E-state index contributed by atoms with van der Waals surface area (Å²) in [7, 11) is 3.84. The molecule has 1 rings (SSSR count). The molecule has 0 aliphatic carbocycles. The van der Waals surface area contributed by atoms with E-state index in [0.717, 1.165) is 26.2 Å². The van der Waals surface area contributed by atoms with Gasteiger partial charge in [-0.1, -0.05) is 0 Å². The average molecular weight is 216 g/mol. The molecular weight excluding hydrogens is 192 g/mol. The van der Waals surface area contributed by atoms with E-state index in [1.54, 1.807) is 7.11 Å². The number of ether oxygens (including phenoxy) is 1. The van der Waals surface area contributed by atoms with Gasteiger partial charge in [-0.2, -0.15) is 0 Å². The Labute approximate surface area is 92.8 Å². The summed E-state index contributed by atoms with van der Waals surface area (Å²) in [6.07, 6.45) is 0. The van der Waals surface area contributed by atoms with E-state index in [-0.39, 0.29) is 18.2 Å². The van der Waals surface area contributed by atoms with E-state index in [2.05, 4.69) is 30.7 Å². The molecule has 0 aromatic rings. The van der Waals surface area contributed by atoms with E-state index in [4.69, 9.17) is 4.74 Å². The molecular formula is C11H24N2O2. The van der Waals surface area contributed by atoms with E-state index >= 15 is 0 Å². The summed E-state index contributed by atoms with van der Waals surface area (Å²) in [6, 6.07) is 0.248. The van der Waals surface area contributed by atoms with Gasteiger partial charge < -0.3 is 9.84 Å². The largest absolute Gasteiger partial charge is 0.395 e. The number of hydrogen-bond acceptors (Lipinski definition) is 4. The zero-order valence-electron chi connectivity index (χ0n) is 10.4. The second-order valence-electron chi connectivity index (χ2n) is 4.99. The summed E-state index contributed by atoms with van der Waals surface area (Å²) in [6.45, 7) is 8.24. The summed E-state index contributed by atoms with van der Waals surface area (Å²) in [4.78, 5) is 4.64. The minimum atomic E-state index is 0.180. The molecule has 1 aliphatic heterocycles. The summed E-state index contributed by atoms with van der Waals surface area (Å²) >= 11 is 0. The predicted octanol–water partition coefficient (Wildman–Crippen LogP) is 0.0197. The standard InChI is InChI=1S/C11H24N2O2/c1-11(2)9-13(5-6-15-4)10(8-14)7-12(11)3/h10,14H,5-9H2,1-4H3. The zero-order chi connectivity index (χ0) is 11.5. The number of aliphatic hydroxyl groups is 1. The molecule has 90 valence electrons. The second-order valence-corrected chi connectivity index (χ2v) is 4.99. The fraction of sp³-hybridized carbons (Fsp3) is 1.00. The molecule has 4 nitrogen and oxygen atoms in total. The zero-order valence-corrected chi connectivity index (χ0v) is 10.4. The van der Waals surface area contributed by atoms with Crippen molar-refractivity contribution < 1.29 is 9.84 Å². The third-order valence-corrected chi connectivity index (χ3v) is 3.42. The van der Waals surface area contributed by atoms with Crippen LogP contribution in [0.1, 0.15) is 13.8 Å². The van der Waals surface area contributed by atoms with Crippen molar-refractivity contribution in [3.8, 4) is 0 Å². The molecule has 0 aromatic carbocycles. The maximum Gasteiger partial charge on any atom is 0.0599 e. The monoisotopic (exact) mass is 216 g/mol. The maximum absolute atomic E-state index is 9.34. The Morgan fingerprint density at radius 1 is 1.47 bits per heavy atom. The number of nitrogens with zero attached hydrogens (tertiary/aromatic N) is 2. The van der Waals surface area contributed by atoms with Gasteiger partial charge in [-0.3, -0.25) is 9.80 Å². The summed E-state index contributed by atoms with van der Waals surface area (Å²) in [5, 5.41) is 9.34. The van der Waals surface area contributed by atoms with Gasteiger partial charge in [-0.05, 0) is 20.9 Å². The number of hydrogen-bond donors (Lipinski definition) is 1. The highest BCUT2D eigenvalue weighted by Crippen LogP contribution is 2.22. The number of aliphatic hydroxyl groups excluding tert-OH is 1. The molecule has 0 radical (unpaired) electrons. The van der Waals surface area contributed by atoms with Crippen molar-refractivity contribution in [2.75, 3.05) is 47.0 Å². The fourth-order valence-corrected chi connectivity index (χ4v) is 2.07. The van der Waals surface area contributed by atoms with Crippen LogP contribution in [0.2, 0.25) is 0 Å². The molecule has 0 bridgehead atoms. The molecule has 1 aliphatic rings. The number of rotatable bonds is 4. The Hall–Kier alpha value is -0.160. The lowest BCUT2D eigenvalue weighted by atomic mass is 9.96. The van der Waals surface area contributed by atoms with Crippen LogP contribution in [0.25, 0.3) is 0 Å². The van der Waals surface area contributed by atoms with Crippen molar-refractivity contribution in [1.29, 1.82) is 0 Å². The molecule has 1 heterocycles. The van der Waals surface area contributed by atoms with Crippen molar-refractivity contribution in [3.05, 3.63) is 0 Å². The van der Waals surface area contributed by atoms with Gasteiger partial charge in [-0.15, -0.1) is 0 Å². The maximum atomic E-state index is 9.34. The van der Waals surface area contributed by atoms with Crippen LogP contribution in [0.4, 0.5) is 0 Å². The summed E-state index contributed by atoms with van der Waals surface area (Å²) in [5.41, 5.74) is 0.180. The van der Waals surface area contributed by atoms with E-state index < -0.39 is 0 Å². The highest BCUT2D eigenvalue weighted by Gasteiger charge is 2.36. The Bertz CT molecular complexity index is 197. The molecule has 15 heavy (non-hydrogen) atoms. The minimum Gasteiger partial charge on any atom is -0.395 e. The fourth-order valence-electron chi connectivity index (χ4n) is 2.07. The van der Waals surface area contributed by atoms with Gasteiger partial charge in [0.25, 0.3) is 0 Å². The molecule has 0 amide bonds. The molecule has 0 aromatic heterocycles. The van der Waals surface area contributed by atoms with Gasteiger partial charge in [0.05, 0.1) is 13.2 Å². The lowest BCUT2D eigenvalue weighted by Crippen LogP contribution is -2.63. The van der Waals surface area contributed by atoms with Gasteiger partial charge in [-0.25, -0.2) is 0 Å². The molecule has 0 spiro atoms. The predicted molar refractivity (Wildman–Crippen MR) is 61.0 cm³/mol. The van der Waals surface area contributed by atoms with Crippen molar-refractivity contribution in [1.82, 2.24) is 9.80 Å².